The van der Waals surface area contributed by atoms with Crippen LogP contribution in [0.2, 0.25) is 0 Å². The summed E-state index contributed by atoms with van der Waals surface area (Å²) in [6.07, 6.45) is -53.0. The number of alkyl halides is 24. The summed E-state index contributed by atoms with van der Waals surface area (Å²) < 4.78 is 341. The van der Waals surface area contributed by atoms with E-state index in [1.807, 2.05) is 24.4 Å². The van der Waals surface area contributed by atoms with Crippen molar-refractivity contribution in [1.82, 2.24) is 4.98 Å². The molecule has 1 aromatic heterocycles. The molecule has 0 aliphatic rings. The summed E-state index contributed by atoms with van der Waals surface area (Å²) in [6, 6.07) is 10.4. The van der Waals surface area contributed by atoms with Gasteiger partial charge in [-0.15, -0.1) is 35.0 Å². The maximum absolute atomic E-state index is 14.2. The molecule has 0 saturated heterocycles. The Morgan fingerprint density at radius 3 is 0.894 bits per heavy atom. The van der Waals surface area contributed by atoms with E-state index in [0.29, 0.717) is 0 Å². The summed E-state index contributed by atoms with van der Waals surface area (Å²) in [7, 11) is 0. The van der Waals surface area contributed by atoms with Crippen LogP contribution in [0.5, 0.6) is 0 Å². The van der Waals surface area contributed by atoms with Crippen molar-refractivity contribution < 1.29 is 125 Å². The zero-order chi connectivity index (χ0) is 63.9. The number of nitrogens with zero attached hydrogens (tertiary/aromatic N) is 2. The summed E-state index contributed by atoms with van der Waals surface area (Å²) in [5.74, 6) is 0. The average Bonchev–Trinajstić information content (AvgIpc) is 1.22. The maximum atomic E-state index is 14.2. The third kappa shape index (κ3) is 16.0. The molecule has 1 heterocycles. The van der Waals surface area contributed by atoms with Crippen molar-refractivity contribution in [3.05, 3.63) is 200 Å². The van der Waals surface area contributed by atoms with Crippen LogP contribution in [0.3, 0.4) is 0 Å². The third-order valence-electron chi connectivity index (χ3n) is 13.7. The van der Waals surface area contributed by atoms with E-state index in [1.54, 1.807) is 6.07 Å². The normalized spacial score (nSPS) is 12.7. The Kier molecular flexibility index (Phi) is 20.7. The molecule has 2 nitrogen and oxygen atoms in total. The monoisotopic (exact) mass is 1410 g/mol. The zero-order valence-electron chi connectivity index (χ0n) is 43.9. The van der Waals surface area contributed by atoms with Crippen LogP contribution in [0.25, 0.3) is 21.7 Å². The Bertz CT molecular complexity index is 3150. The molecule has 0 aliphatic heterocycles. The number of halogens is 24. The Labute approximate surface area is 480 Å². The van der Waals surface area contributed by atoms with Crippen LogP contribution in [-0.4, -0.2) is 11.1 Å². The molecular weight excluding hydrogens is 1370 g/mol. The molecule has 0 bridgehead atoms. The number of pyridine rings is 1. The maximum Gasteiger partial charge on any atom is 3.00 e. The summed E-state index contributed by atoms with van der Waals surface area (Å²) >= 11 is 0. The SMILES string of the molecule is CC#N.Cc1c(C)c(C)[c-](C)c1C.FC(F)(F)c1cc([B-](c2cc(C(F)(F)F)cc(C(F)(F)F)c2)(c2cc(C(F)(F)F)cc(C(F)(F)F)c2)c2cc(C(F)(F)F)cc(C(F)(F)F)c2)cc(C(F)(F)F)c1.[Ir+3].[c-]1cccc2ccc3cccnc3c12. The van der Waals surface area contributed by atoms with Gasteiger partial charge in [-0.2, -0.15) is 160 Å². The first-order valence-electron chi connectivity index (χ1n) is 23.7. The van der Waals surface area contributed by atoms with Gasteiger partial charge in [0.1, 0.15) is 6.15 Å². The van der Waals surface area contributed by atoms with Gasteiger partial charge in [0.15, 0.2) is 0 Å². The summed E-state index contributed by atoms with van der Waals surface area (Å²) in [5.41, 5.74) is -21.8. The van der Waals surface area contributed by atoms with Gasteiger partial charge < -0.3 is 4.98 Å². The molecule has 456 valence electrons. The summed E-state index contributed by atoms with van der Waals surface area (Å²) in [5, 5.41) is 10.8. The number of nitriles is 1. The number of rotatable bonds is 4. The number of hydrogen-bond donors (Lipinski definition) is 0. The van der Waals surface area contributed by atoms with Gasteiger partial charge >= 0.3 is 69.5 Å². The van der Waals surface area contributed by atoms with Crippen LogP contribution >= 0.6 is 0 Å². The molecule has 0 spiro atoms. The van der Waals surface area contributed by atoms with Crippen molar-refractivity contribution in [2.24, 2.45) is 0 Å². The Morgan fingerprint density at radius 2 is 0.659 bits per heavy atom. The predicted octanol–water partition coefficient (Wildman–Crippen LogP) is 17.9. The fraction of sp³-hybridized carbons (Fsp3) is 0.246. The second kappa shape index (κ2) is 25.1. The van der Waals surface area contributed by atoms with E-state index in [-0.39, 0.29) is 20.1 Å². The minimum absolute atomic E-state index is 0. The molecule has 0 radical (unpaired) electrons. The van der Waals surface area contributed by atoms with Gasteiger partial charge in [-0.25, -0.2) is 0 Å². The van der Waals surface area contributed by atoms with E-state index in [1.165, 1.54) is 45.5 Å². The average molecular weight is 1410 g/mol. The Morgan fingerprint density at radius 1 is 0.412 bits per heavy atom. The molecule has 8 aromatic rings. The van der Waals surface area contributed by atoms with Crippen molar-refractivity contribution in [2.45, 2.75) is 91.0 Å². The fourth-order valence-corrected chi connectivity index (χ4v) is 9.21. The van der Waals surface area contributed by atoms with Crippen LogP contribution in [0.1, 0.15) is 79.2 Å². The summed E-state index contributed by atoms with van der Waals surface area (Å²) in [4.78, 5) is 4.38. The largest absolute Gasteiger partial charge is 3.00 e. The fourth-order valence-electron chi connectivity index (χ4n) is 9.21. The van der Waals surface area contributed by atoms with Gasteiger partial charge in [0.05, 0.1) is 50.6 Å². The quantitative estimate of drug-likeness (QED) is 0.0762. The molecule has 85 heavy (non-hydrogen) atoms. The van der Waals surface area contributed by atoms with Crippen LogP contribution in [0.4, 0.5) is 105 Å². The van der Waals surface area contributed by atoms with Crippen LogP contribution < -0.4 is 21.9 Å². The van der Waals surface area contributed by atoms with Crippen LogP contribution in [0.15, 0.2) is 121 Å². The van der Waals surface area contributed by atoms with E-state index in [2.05, 4.69) is 69.9 Å². The predicted molar refractivity (Wildman–Crippen MR) is 265 cm³/mol. The minimum atomic E-state index is -6.13. The van der Waals surface area contributed by atoms with Crippen molar-refractivity contribution in [3.63, 3.8) is 0 Å². The minimum Gasteiger partial charge on any atom is -0.304 e. The first kappa shape index (κ1) is 70.4. The molecule has 0 fully saturated rings. The molecule has 28 heteroatoms. The van der Waals surface area contributed by atoms with Crippen LogP contribution in [-0.2, 0) is 69.5 Å². The molecule has 8 rings (SSSR count). The second-order valence-electron chi connectivity index (χ2n) is 18.8. The molecule has 0 saturated carbocycles. The first-order chi connectivity index (χ1) is 38.2. The second-order valence-corrected chi connectivity index (χ2v) is 18.8. The van der Waals surface area contributed by atoms with Gasteiger partial charge in [0.25, 0.3) is 0 Å². The number of hydrogen-bond acceptors (Lipinski definition) is 2. The Balaban J connectivity index is 0.000000445. The van der Waals surface area contributed by atoms with Crippen molar-refractivity contribution in [1.29, 1.82) is 5.26 Å². The van der Waals surface area contributed by atoms with Crippen molar-refractivity contribution >= 4 is 49.7 Å². The van der Waals surface area contributed by atoms with E-state index in [0.717, 1.165) is 10.9 Å². The first-order valence-corrected chi connectivity index (χ1v) is 23.7. The van der Waals surface area contributed by atoms with Gasteiger partial charge in [0, 0.05) is 13.1 Å². The zero-order valence-corrected chi connectivity index (χ0v) is 46.3. The molecule has 0 aliphatic carbocycles. The molecule has 0 amide bonds. The van der Waals surface area contributed by atoms with Crippen molar-refractivity contribution in [3.8, 4) is 6.07 Å². The molecular formula is C57H38BF24IrN2. The molecule has 7 aromatic carbocycles. The molecule has 0 N–H and O–H groups in total. The summed E-state index contributed by atoms with van der Waals surface area (Å²) in [6.45, 7) is 12.4. The standard InChI is InChI=1S/C32H12BF24.C13H8N.C10H15.C2H3N.Ir/c34-25(35,36)13-1-14(26(37,38)39)6-21(5-13)33(22-7-15(27(40,41)42)2-16(8-22)28(43,44)45,23-9-17(29(46,47)48)3-18(10-23)30(49,50)51)24-11-19(31(52,53)54)4-20(12-24)32(55,56)57;1-2-6-12-10(4-1)7-8-11-5-3-9-14-13(11)12;1-6-7(2)9(4)10(5)8(6)3;1-2-3;/h1-12H;1-5,7-9H;1-5H3;1H3;/q3*-1;;+3. The van der Waals surface area contributed by atoms with Gasteiger partial charge in [0.2, 0.25) is 0 Å². The van der Waals surface area contributed by atoms with Crippen LogP contribution in [0, 0.1) is 52.0 Å². The number of aromatic nitrogens is 1. The number of fused-ring (bicyclic) bond motifs is 3. The van der Waals surface area contributed by atoms with E-state index >= 15 is 0 Å². The van der Waals surface area contributed by atoms with Gasteiger partial charge in [-0.3, -0.25) is 0 Å². The van der Waals surface area contributed by atoms with E-state index < -0.39 is 195 Å². The third-order valence-corrected chi connectivity index (χ3v) is 13.7. The van der Waals surface area contributed by atoms with Crippen molar-refractivity contribution in [2.75, 3.05) is 0 Å². The van der Waals surface area contributed by atoms with Gasteiger partial charge in [-0.05, 0) is 41.2 Å². The van der Waals surface area contributed by atoms with E-state index in [4.69, 9.17) is 5.26 Å². The Hall–Kier alpha value is -7.14. The topological polar surface area (TPSA) is 36.7 Å². The molecule has 0 unspecified atom stereocenters. The van der Waals surface area contributed by atoms with E-state index in [9.17, 15) is 105 Å². The van der Waals surface area contributed by atoms with Gasteiger partial charge in [-0.1, -0.05) is 101 Å². The molecule has 0 atom stereocenters. The number of benzene rings is 6. The smallest absolute Gasteiger partial charge is 0.304 e.